The maximum Gasteiger partial charge on any atom is 0.0587 e. The highest BCUT2D eigenvalue weighted by Gasteiger charge is 2.45. The molecule has 1 aliphatic heterocycles. The highest BCUT2D eigenvalue weighted by atomic mass is 32.1. The van der Waals surface area contributed by atoms with Crippen molar-refractivity contribution in [2.75, 3.05) is 13.1 Å². The van der Waals surface area contributed by atoms with E-state index in [1.165, 1.54) is 25.7 Å². The topological polar surface area (TPSA) is 23.5 Å². The summed E-state index contributed by atoms with van der Waals surface area (Å²) in [6.45, 7) is 3.24. The van der Waals surface area contributed by atoms with Crippen molar-refractivity contribution in [3.05, 3.63) is 48.0 Å². The minimum Gasteiger partial charge on any atom is -0.393 e. The molecule has 5 rings (SSSR count). The van der Waals surface area contributed by atoms with Crippen LogP contribution in [0.25, 0.3) is 20.2 Å². The van der Waals surface area contributed by atoms with Crippen molar-refractivity contribution in [2.24, 2.45) is 11.8 Å². The van der Waals surface area contributed by atoms with Crippen LogP contribution in [0.5, 0.6) is 0 Å². The molecule has 2 heterocycles. The summed E-state index contributed by atoms with van der Waals surface area (Å²) in [5, 5.41) is 12.6. The first kappa shape index (κ1) is 13.1. The molecule has 0 spiro atoms. The van der Waals surface area contributed by atoms with E-state index in [9.17, 15) is 5.11 Å². The van der Waals surface area contributed by atoms with Crippen molar-refractivity contribution in [3.63, 3.8) is 0 Å². The van der Waals surface area contributed by atoms with Gasteiger partial charge in [-0.25, -0.2) is 0 Å². The first-order valence-electron chi connectivity index (χ1n) is 8.09. The molecule has 2 nitrogen and oxygen atoms in total. The largest absolute Gasteiger partial charge is 0.393 e. The van der Waals surface area contributed by atoms with Crippen LogP contribution in [-0.2, 0) is 6.54 Å². The molecule has 2 aromatic carbocycles. The van der Waals surface area contributed by atoms with Crippen LogP contribution in [0.1, 0.15) is 12.0 Å². The molecule has 0 unspecified atom stereocenters. The molecule has 3 aromatic rings. The quantitative estimate of drug-likeness (QED) is 0.777. The summed E-state index contributed by atoms with van der Waals surface area (Å²) in [7, 11) is 0. The minimum absolute atomic E-state index is 0.0462. The van der Waals surface area contributed by atoms with Crippen molar-refractivity contribution in [1.29, 1.82) is 0 Å². The van der Waals surface area contributed by atoms with E-state index >= 15 is 0 Å². The number of aliphatic hydroxyl groups excluding tert-OH is 1. The van der Waals surface area contributed by atoms with Crippen molar-refractivity contribution >= 4 is 31.5 Å². The Kier molecular flexibility index (Phi) is 2.84. The third-order valence-corrected chi connectivity index (χ3v) is 6.75. The molecule has 0 amide bonds. The summed E-state index contributed by atoms with van der Waals surface area (Å²) < 4.78 is 2.81. The van der Waals surface area contributed by atoms with Gasteiger partial charge in [0.2, 0.25) is 0 Å². The van der Waals surface area contributed by atoms with Crippen LogP contribution in [0.3, 0.4) is 0 Å². The summed E-state index contributed by atoms with van der Waals surface area (Å²) in [4.78, 5) is 2.53. The average Bonchev–Trinajstić information content (AvgIpc) is 3.06. The fourth-order valence-corrected chi connectivity index (χ4v) is 5.47. The van der Waals surface area contributed by atoms with Crippen molar-refractivity contribution in [3.8, 4) is 0 Å². The maximum atomic E-state index is 9.84. The SMILES string of the molecule is O[C@H]1C[C@@H]2CN(Cc3cccc4c3sc3ccccc34)C[C@@H]21. The fraction of sp³-hybridized carbons (Fsp3) is 0.368. The van der Waals surface area contributed by atoms with Crippen LogP contribution in [0.2, 0.25) is 0 Å². The van der Waals surface area contributed by atoms with Crippen molar-refractivity contribution in [2.45, 2.75) is 19.1 Å². The van der Waals surface area contributed by atoms with Gasteiger partial charge >= 0.3 is 0 Å². The van der Waals surface area contributed by atoms with Crippen LogP contribution in [0.4, 0.5) is 0 Å². The minimum atomic E-state index is -0.0462. The Labute approximate surface area is 134 Å². The number of likely N-dealkylation sites (tertiary alicyclic amines) is 1. The van der Waals surface area contributed by atoms with Gasteiger partial charge in [0, 0.05) is 45.7 Å². The number of benzene rings is 2. The van der Waals surface area contributed by atoms with E-state index < -0.39 is 0 Å². The lowest BCUT2D eigenvalue weighted by Gasteiger charge is -2.35. The van der Waals surface area contributed by atoms with Crippen LogP contribution in [0, 0.1) is 11.8 Å². The predicted molar refractivity (Wildman–Crippen MR) is 92.2 cm³/mol. The second-order valence-electron chi connectivity index (χ2n) is 6.81. The molecule has 0 bridgehead atoms. The lowest BCUT2D eigenvalue weighted by atomic mass is 9.74. The van der Waals surface area contributed by atoms with E-state index in [0.29, 0.717) is 5.92 Å². The third kappa shape index (κ3) is 1.86. The first-order chi connectivity index (χ1) is 10.8. The zero-order chi connectivity index (χ0) is 14.7. The van der Waals surface area contributed by atoms with Gasteiger partial charge in [-0.05, 0) is 24.0 Å². The van der Waals surface area contributed by atoms with Gasteiger partial charge in [-0.15, -0.1) is 11.3 Å². The number of thiophene rings is 1. The molecule has 2 aliphatic rings. The Morgan fingerprint density at radius 1 is 1.05 bits per heavy atom. The van der Waals surface area contributed by atoms with E-state index in [0.717, 1.165) is 32.0 Å². The zero-order valence-electron chi connectivity index (χ0n) is 12.4. The summed E-state index contributed by atoms with van der Waals surface area (Å²) in [5.74, 6) is 1.26. The van der Waals surface area contributed by atoms with E-state index in [-0.39, 0.29) is 6.10 Å². The van der Waals surface area contributed by atoms with Gasteiger partial charge in [0.05, 0.1) is 6.10 Å². The molecule has 1 aromatic heterocycles. The van der Waals surface area contributed by atoms with Gasteiger partial charge in [0.25, 0.3) is 0 Å². The molecule has 1 saturated carbocycles. The smallest absolute Gasteiger partial charge is 0.0587 e. The van der Waals surface area contributed by atoms with E-state index in [4.69, 9.17) is 0 Å². The van der Waals surface area contributed by atoms with E-state index in [1.54, 1.807) is 0 Å². The number of aliphatic hydroxyl groups is 1. The molecule has 1 saturated heterocycles. The van der Waals surface area contributed by atoms with Gasteiger partial charge in [-0.3, -0.25) is 4.90 Å². The van der Waals surface area contributed by atoms with Gasteiger partial charge in [0.15, 0.2) is 0 Å². The van der Waals surface area contributed by atoms with Crippen molar-refractivity contribution < 1.29 is 5.11 Å². The second-order valence-corrected chi connectivity index (χ2v) is 7.87. The van der Waals surface area contributed by atoms with Crippen LogP contribution in [-0.4, -0.2) is 29.2 Å². The number of fused-ring (bicyclic) bond motifs is 4. The number of nitrogens with zero attached hydrogens (tertiary/aromatic N) is 1. The molecule has 3 heteroatoms. The highest BCUT2D eigenvalue weighted by Crippen LogP contribution is 2.42. The molecule has 22 heavy (non-hydrogen) atoms. The van der Waals surface area contributed by atoms with Gasteiger partial charge in [-0.2, -0.15) is 0 Å². The van der Waals surface area contributed by atoms with Gasteiger partial charge < -0.3 is 5.11 Å². The molecule has 1 aliphatic carbocycles. The normalized spacial score (nSPS) is 28.1. The lowest BCUT2D eigenvalue weighted by molar-refractivity contribution is -0.00435. The van der Waals surface area contributed by atoms with Crippen molar-refractivity contribution in [1.82, 2.24) is 4.90 Å². The van der Waals surface area contributed by atoms with Crippen LogP contribution >= 0.6 is 11.3 Å². The van der Waals surface area contributed by atoms with Gasteiger partial charge in [0.1, 0.15) is 0 Å². The Morgan fingerprint density at radius 3 is 2.77 bits per heavy atom. The Bertz CT molecular complexity index is 855. The molecule has 2 fully saturated rings. The summed E-state index contributed by atoms with van der Waals surface area (Å²) >= 11 is 1.91. The third-order valence-electron chi connectivity index (χ3n) is 5.49. The second kappa shape index (κ2) is 4.79. The number of hydrogen-bond donors (Lipinski definition) is 1. The maximum absolute atomic E-state index is 9.84. The van der Waals surface area contributed by atoms with E-state index in [2.05, 4.69) is 47.4 Å². The first-order valence-corrected chi connectivity index (χ1v) is 8.91. The summed E-state index contributed by atoms with van der Waals surface area (Å²) in [5.41, 5.74) is 1.44. The molecule has 1 N–H and O–H groups in total. The monoisotopic (exact) mass is 309 g/mol. The van der Waals surface area contributed by atoms with Crippen LogP contribution in [0.15, 0.2) is 42.5 Å². The molecule has 112 valence electrons. The highest BCUT2D eigenvalue weighted by molar-refractivity contribution is 7.26. The number of rotatable bonds is 2. The molecular weight excluding hydrogens is 290 g/mol. The molecule has 0 radical (unpaired) electrons. The molecule has 3 atom stereocenters. The Morgan fingerprint density at radius 2 is 1.91 bits per heavy atom. The standard InChI is InChI=1S/C19H19NOS/c21-17-8-13-10-20(11-16(13)17)9-12-4-3-6-15-14-5-1-2-7-18(14)22-19(12)15/h1-7,13,16-17,21H,8-11H2/t13-,16+,17+/m1/s1. The van der Waals surface area contributed by atoms with Crippen LogP contribution < -0.4 is 0 Å². The lowest BCUT2D eigenvalue weighted by Crippen LogP contribution is -2.39. The summed E-state index contributed by atoms with van der Waals surface area (Å²) in [6.07, 6.45) is 0.962. The van der Waals surface area contributed by atoms with E-state index in [1.807, 2.05) is 11.3 Å². The predicted octanol–water partition coefficient (Wildman–Crippen LogP) is 3.87. The Hall–Kier alpha value is -1.42. The zero-order valence-corrected chi connectivity index (χ0v) is 13.2. The number of hydrogen-bond acceptors (Lipinski definition) is 3. The average molecular weight is 309 g/mol. The Balaban J connectivity index is 1.52. The van der Waals surface area contributed by atoms with Gasteiger partial charge in [-0.1, -0.05) is 36.4 Å². The molecular formula is C19H19NOS. The summed E-state index contributed by atoms with van der Waals surface area (Å²) in [6, 6.07) is 15.4. The fourth-order valence-electron chi connectivity index (χ4n) is 4.26.